The zero-order valence-corrected chi connectivity index (χ0v) is 18.9. The van der Waals surface area contributed by atoms with Gasteiger partial charge < -0.3 is 33.9 Å². The molecule has 0 aromatic heterocycles. The largest absolute Gasteiger partial charge is 0.508 e. The van der Waals surface area contributed by atoms with Crippen molar-refractivity contribution in [3.63, 3.8) is 0 Å². The van der Waals surface area contributed by atoms with Crippen molar-refractivity contribution in [2.24, 2.45) is 0 Å². The number of phenols is 2. The predicted octanol–water partition coefficient (Wildman–Crippen LogP) is 6.05. The van der Waals surface area contributed by atoms with Gasteiger partial charge in [0.15, 0.2) is 23.0 Å². The summed E-state index contributed by atoms with van der Waals surface area (Å²) in [6.45, 7) is 9.75. The van der Waals surface area contributed by atoms with E-state index in [1.807, 2.05) is 27.7 Å². The van der Waals surface area contributed by atoms with Crippen molar-refractivity contribution in [1.29, 1.82) is 0 Å². The first-order valence-electron chi connectivity index (χ1n) is 11.0. The topological polar surface area (TPSA) is 86.6 Å². The molecule has 0 amide bonds. The van der Waals surface area contributed by atoms with Crippen LogP contribution in [0.15, 0.2) is 24.3 Å². The van der Waals surface area contributed by atoms with Gasteiger partial charge in [-0.15, -0.1) is 0 Å². The Kier molecular flexibility index (Phi) is 9.94. The van der Waals surface area contributed by atoms with Crippen LogP contribution in [0.4, 0.5) is 0 Å². The first-order chi connectivity index (χ1) is 15.0. The molecule has 31 heavy (non-hydrogen) atoms. The maximum absolute atomic E-state index is 10.2. The zero-order valence-electron chi connectivity index (χ0n) is 18.9. The molecule has 2 N–H and O–H groups in total. The van der Waals surface area contributed by atoms with Crippen LogP contribution in [0.5, 0.6) is 46.0 Å². The lowest BCUT2D eigenvalue weighted by atomic mass is 10.2. The van der Waals surface area contributed by atoms with Crippen molar-refractivity contribution in [2.45, 2.75) is 53.4 Å². The second-order valence-corrected chi connectivity index (χ2v) is 7.04. The highest BCUT2D eigenvalue weighted by Crippen LogP contribution is 2.49. The van der Waals surface area contributed by atoms with E-state index >= 15 is 0 Å². The quantitative estimate of drug-likeness (QED) is 0.374. The molecule has 0 aliphatic rings. The van der Waals surface area contributed by atoms with Crippen LogP contribution in [-0.2, 0) is 0 Å². The third-order valence-electron chi connectivity index (χ3n) is 4.06. The second-order valence-electron chi connectivity index (χ2n) is 7.04. The van der Waals surface area contributed by atoms with E-state index in [9.17, 15) is 10.2 Å². The van der Waals surface area contributed by atoms with Crippen molar-refractivity contribution in [3.8, 4) is 46.0 Å². The number of benzene rings is 2. The van der Waals surface area contributed by atoms with E-state index in [0.717, 1.165) is 25.7 Å². The van der Waals surface area contributed by atoms with E-state index in [2.05, 4.69) is 0 Å². The lowest BCUT2D eigenvalue weighted by Gasteiger charge is -2.20. The fourth-order valence-corrected chi connectivity index (χ4v) is 2.71. The maximum atomic E-state index is 10.2. The van der Waals surface area contributed by atoms with Gasteiger partial charge in [0, 0.05) is 24.3 Å². The molecule has 0 bridgehead atoms. The standard InChI is InChI=1S/C24H34O7/c1-5-9-27-19-13-17(25)14-20(28-10-6-2)23(19)31-24-21(29-11-7-3)15-18(26)16-22(24)30-12-8-4/h13-16,25-26H,5-12H2,1-4H3. The number of phenolic OH excluding ortho intramolecular Hbond substituents is 2. The van der Waals surface area contributed by atoms with Crippen LogP contribution in [0.25, 0.3) is 0 Å². The average molecular weight is 435 g/mol. The molecule has 0 heterocycles. The summed E-state index contributed by atoms with van der Waals surface area (Å²) in [5.41, 5.74) is 0. The third kappa shape index (κ3) is 7.05. The van der Waals surface area contributed by atoms with Crippen LogP contribution in [-0.4, -0.2) is 36.6 Å². The van der Waals surface area contributed by atoms with Crippen molar-refractivity contribution < 1.29 is 33.9 Å². The Morgan fingerprint density at radius 1 is 0.516 bits per heavy atom. The minimum atomic E-state index is 0.0141. The van der Waals surface area contributed by atoms with E-state index in [4.69, 9.17) is 23.7 Å². The van der Waals surface area contributed by atoms with Gasteiger partial charge in [-0.05, 0) is 25.7 Å². The Labute approximate surface area is 184 Å². The first-order valence-corrected chi connectivity index (χ1v) is 11.0. The maximum Gasteiger partial charge on any atom is 0.211 e. The molecule has 0 fully saturated rings. The van der Waals surface area contributed by atoms with Gasteiger partial charge in [-0.25, -0.2) is 0 Å². The number of rotatable bonds is 14. The van der Waals surface area contributed by atoms with Crippen molar-refractivity contribution >= 4 is 0 Å². The summed E-state index contributed by atoms with van der Waals surface area (Å²) >= 11 is 0. The van der Waals surface area contributed by atoms with Gasteiger partial charge >= 0.3 is 0 Å². The SMILES string of the molecule is CCCOc1cc(O)cc(OCCC)c1Oc1c(OCCC)cc(O)cc1OCCC. The van der Waals surface area contributed by atoms with Crippen LogP contribution in [0, 0.1) is 0 Å². The van der Waals surface area contributed by atoms with E-state index < -0.39 is 0 Å². The zero-order chi connectivity index (χ0) is 22.6. The van der Waals surface area contributed by atoms with Crippen molar-refractivity contribution in [1.82, 2.24) is 0 Å². The lowest BCUT2D eigenvalue weighted by Crippen LogP contribution is -2.05. The summed E-state index contributed by atoms with van der Waals surface area (Å²) in [5.74, 6) is 2.06. The number of hydrogen-bond donors (Lipinski definition) is 2. The van der Waals surface area contributed by atoms with Gasteiger partial charge in [0.2, 0.25) is 11.5 Å². The van der Waals surface area contributed by atoms with Crippen LogP contribution in [0.2, 0.25) is 0 Å². The Balaban J connectivity index is 2.57. The lowest BCUT2D eigenvalue weighted by molar-refractivity contribution is 0.253. The molecule has 0 aliphatic carbocycles. The molecule has 2 aromatic carbocycles. The summed E-state index contributed by atoms with van der Waals surface area (Å²) < 4.78 is 29.6. The van der Waals surface area contributed by atoms with Gasteiger partial charge in [0.05, 0.1) is 26.4 Å². The molecule has 0 unspecified atom stereocenters. The molecule has 0 saturated carbocycles. The fraction of sp³-hybridized carbons (Fsp3) is 0.500. The number of ether oxygens (including phenoxy) is 5. The molecule has 0 radical (unpaired) electrons. The summed E-state index contributed by atoms with van der Waals surface area (Å²) in [7, 11) is 0. The molecule has 0 aliphatic heterocycles. The first kappa shape index (κ1) is 24.3. The molecule has 2 rings (SSSR count). The van der Waals surface area contributed by atoms with E-state index in [1.165, 1.54) is 24.3 Å². The van der Waals surface area contributed by atoms with Crippen LogP contribution >= 0.6 is 0 Å². The Hall–Kier alpha value is -2.96. The van der Waals surface area contributed by atoms with Crippen molar-refractivity contribution in [2.75, 3.05) is 26.4 Å². The Morgan fingerprint density at radius 2 is 0.774 bits per heavy atom. The molecular formula is C24H34O7. The highest BCUT2D eigenvalue weighted by Gasteiger charge is 2.22. The number of hydrogen-bond acceptors (Lipinski definition) is 7. The summed E-state index contributed by atoms with van der Waals surface area (Å²) in [6, 6.07) is 5.96. The van der Waals surface area contributed by atoms with E-state index in [-0.39, 0.29) is 11.5 Å². The molecule has 0 spiro atoms. The van der Waals surface area contributed by atoms with E-state index in [1.54, 1.807) is 0 Å². The molecule has 2 aromatic rings. The summed E-state index contributed by atoms with van der Waals surface area (Å²) in [4.78, 5) is 0. The molecule has 172 valence electrons. The smallest absolute Gasteiger partial charge is 0.211 e. The van der Waals surface area contributed by atoms with E-state index in [0.29, 0.717) is 60.9 Å². The van der Waals surface area contributed by atoms with Crippen LogP contribution in [0.3, 0.4) is 0 Å². The third-order valence-corrected chi connectivity index (χ3v) is 4.06. The summed E-state index contributed by atoms with van der Waals surface area (Å²) in [5, 5.41) is 20.3. The normalized spacial score (nSPS) is 10.6. The predicted molar refractivity (Wildman–Crippen MR) is 119 cm³/mol. The highest BCUT2D eigenvalue weighted by molar-refractivity contribution is 5.62. The van der Waals surface area contributed by atoms with Gasteiger partial charge in [-0.1, -0.05) is 27.7 Å². The minimum Gasteiger partial charge on any atom is -0.508 e. The van der Waals surface area contributed by atoms with Gasteiger partial charge in [-0.3, -0.25) is 0 Å². The summed E-state index contributed by atoms with van der Waals surface area (Å²) in [6.07, 6.45) is 3.15. The average Bonchev–Trinajstić information content (AvgIpc) is 2.75. The minimum absolute atomic E-state index is 0.0141. The fourth-order valence-electron chi connectivity index (χ4n) is 2.71. The molecule has 0 atom stereocenters. The molecule has 7 heteroatoms. The van der Waals surface area contributed by atoms with Crippen LogP contribution < -0.4 is 23.7 Å². The number of aromatic hydroxyl groups is 2. The van der Waals surface area contributed by atoms with Gasteiger partial charge in [-0.2, -0.15) is 0 Å². The Morgan fingerprint density at radius 3 is 1.00 bits per heavy atom. The van der Waals surface area contributed by atoms with Gasteiger partial charge in [0.1, 0.15) is 11.5 Å². The monoisotopic (exact) mass is 434 g/mol. The molecule has 7 nitrogen and oxygen atoms in total. The highest BCUT2D eigenvalue weighted by atomic mass is 16.6. The van der Waals surface area contributed by atoms with Crippen LogP contribution in [0.1, 0.15) is 53.4 Å². The Bertz CT molecular complexity index is 694. The molecular weight excluding hydrogens is 400 g/mol. The van der Waals surface area contributed by atoms with Gasteiger partial charge in [0.25, 0.3) is 0 Å². The van der Waals surface area contributed by atoms with Crippen molar-refractivity contribution in [3.05, 3.63) is 24.3 Å². The second kappa shape index (κ2) is 12.7. The molecule has 0 saturated heterocycles.